The lowest BCUT2D eigenvalue weighted by Crippen LogP contribution is -2.35. The number of rotatable bonds is 5. The van der Waals surface area contributed by atoms with Gasteiger partial charge < -0.3 is 10.5 Å². The molecule has 0 aliphatic rings. The highest BCUT2D eigenvalue weighted by Crippen LogP contribution is 2.03. The van der Waals surface area contributed by atoms with Crippen LogP contribution in [0.1, 0.15) is 23.1 Å². The molecule has 0 aliphatic carbocycles. The highest BCUT2D eigenvalue weighted by molar-refractivity contribution is 5.88. The smallest absolute Gasteiger partial charge is 0.341 e. The monoisotopic (exact) mass is 238 g/mol. The summed E-state index contributed by atoms with van der Waals surface area (Å²) in [7, 11) is 1.28. The summed E-state index contributed by atoms with van der Waals surface area (Å²) in [4.78, 5) is 19.1. The van der Waals surface area contributed by atoms with Crippen LogP contribution in [0.2, 0.25) is 0 Å². The standard InChI is InChI=1S/C9H14N6O2/c1-6(10)15(14-11)5-8-12-3-7(4-13-8)9(16)17-2/h3-4,6,11H,5,10H2,1-2H3. The molecular formula is C9H14N6O2. The normalized spacial score (nSPS) is 11.7. The first-order valence-electron chi connectivity index (χ1n) is 4.87. The SMILES string of the molecule is COC(=O)c1cnc(CN(N=N)C(C)N)nc1. The van der Waals surface area contributed by atoms with E-state index >= 15 is 0 Å². The number of hydrogen-bond acceptors (Lipinski definition) is 7. The summed E-state index contributed by atoms with van der Waals surface area (Å²) >= 11 is 0. The zero-order chi connectivity index (χ0) is 12.8. The van der Waals surface area contributed by atoms with E-state index in [0.29, 0.717) is 5.82 Å². The number of hydrogen-bond donors (Lipinski definition) is 2. The maximum atomic E-state index is 11.1. The van der Waals surface area contributed by atoms with Crippen molar-refractivity contribution in [1.82, 2.24) is 15.0 Å². The minimum atomic E-state index is -0.495. The lowest BCUT2D eigenvalue weighted by atomic mass is 10.3. The van der Waals surface area contributed by atoms with Gasteiger partial charge >= 0.3 is 5.97 Å². The topological polar surface area (TPSA) is 118 Å². The molecular weight excluding hydrogens is 224 g/mol. The largest absolute Gasteiger partial charge is 0.465 e. The zero-order valence-electron chi connectivity index (χ0n) is 9.62. The van der Waals surface area contributed by atoms with Crippen molar-refractivity contribution in [2.75, 3.05) is 7.11 Å². The number of aromatic nitrogens is 2. The van der Waals surface area contributed by atoms with E-state index in [2.05, 4.69) is 19.9 Å². The Hall–Kier alpha value is -2.09. The number of nitrogens with one attached hydrogen (secondary N) is 1. The summed E-state index contributed by atoms with van der Waals surface area (Å²) in [6.45, 7) is 1.91. The highest BCUT2D eigenvalue weighted by atomic mass is 16.5. The molecule has 92 valence electrons. The molecule has 0 aliphatic heterocycles. The number of carbonyl (C=O) groups is 1. The van der Waals surface area contributed by atoms with Gasteiger partial charge in [-0.25, -0.2) is 14.8 Å². The first kappa shape index (κ1) is 13.0. The Morgan fingerprint density at radius 1 is 1.65 bits per heavy atom. The van der Waals surface area contributed by atoms with E-state index < -0.39 is 12.1 Å². The molecule has 0 saturated heterocycles. The Morgan fingerprint density at radius 3 is 2.65 bits per heavy atom. The van der Waals surface area contributed by atoms with Crippen molar-refractivity contribution in [1.29, 1.82) is 5.53 Å². The summed E-state index contributed by atoms with van der Waals surface area (Å²) in [5.74, 6) is -0.0725. The lowest BCUT2D eigenvalue weighted by Gasteiger charge is -2.19. The number of methoxy groups -OCH3 is 1. The van der Waals surface area contributed by atoms with Crippen molar-refractivity contribution in [2.45, 2.75) is 19.6 Å². The molecule has 17 heavy (non-hydrogen) atoms. The van der Waals surface area contributed by atoms with Crippen LogP contribution in [0.5, 0.6) is 0 Å². The number of carbonyl (C=O) groups excluding carboxylic acids is 1. The fourth-order valence-corrected chi connectivity index (χ4v) is 1.07. The molecule has 1 aromatic heterocycles. The fourth-order valence-electron chi connectivity index (χ4n) is 1.07. The number of nitrogens with two attached hydrogens (primary N) is 1. The van der Waals surface area contributed by atoms with Crippen molar-refractivity contribution < 1.29 is 9.53 Å². The van der Waals surface area contributed by atoms with E-state index in [4.69, 9.17) is 11.3 Å². The van der Waals surface area contributed by atoms with E-state index in [1.54, 1.807) is 6.92 Å². The molecule has 0 amide bonds. The third-order valence-corrected chi connectivity index (χ3v) is 2.03. The summed E-state index contributed by atoms with van der Waals surface area (Å²) < 4.78 is 4.52. The highest BCUT2D eigenvalue weighted by Gasteiger charge is 2.11. The predicted octanol–water partition coefficient (Wildman–Crippen LogP) is 0.316. The van der Waals surface area contributed by atoms with Gasteiger partial charge in [-0.15, -0.1) is 0 Å². The summed E-state index contributed by atoms with van der Waals surface area (Å²) in [6.07, 6.45) is 2.31. The molecule has 1 heterocycles. The lowest BCUT2D eigenvalue weighted by molar-refractivity contribution is 0.0599. The summed E-state index contributed by atoms with van der Waals surface area (Å²) in [6, 6.07) is 0. The Kier molecular flexibility index (Phi) is 4.46. The van der Waals surface area contributed by atoms with Gasteiger partial charge in [-0.05, 0) is 6.92 Å². The molecule has 1 atom stereocenters. The van der Waals surface area contributed by atoms with Crippen LogP contribution in [0.15, 0.2) is 17.6 Å². The second-order valence-corrected chi connectivity index (χ2v) is 3.32. The Morgan fingerprint density at radius 2 is 2.24 bits per heavy atom. The van der Waals surface area contributed by atoms with Gasteiger partial charge in [0.25, 0.3) is 0 Å². The molecule has 8 nitrogen and oxygen atoms in total. The second-order valence-electron chi connectivity index (χ2n) is 3.32. The van der Waals surface area contributed by atoms with Crippen molar-refractivity contribution in [3.05, 3.63) is 23.8 Å². The van der Waals surface area contributed by atoms with Crippen molar-refractivity contribution in [3.63, 3.8) is 0 Å². The van der Waals surface area contributed by atoms with Crippen LogP contribution in [0, 0.1) is 5.53 Å². The van der Waals surface area contributed by atoms with Crippen LogP contribution >= 0.6 is 0 Å². The number of ether oxygens (including phenoxy) is 1. The minimum Gasteiger partial charge on any atom is -0.465 e. The van der Waals surface area contributed by atoms with Crippen molar-refractivity contribution in [3.8, 4) is 0 Å². The maximum Gasteiger partial charge on any atom is 0.341 e. The van der Waals surface area contributed by atoms with Crippen LogP contribution in [0.25, 0.3) is 0 Å². The van der Waals surface area contributed by atoms with Crippen molar-refractivity contribution in [2.24, 2.45) is 11.0 Å². The molecule has 1 unspecified atom stereocenters. The van der Waals surface area contributed by atoms with Crippen LogP contribution in [-0.2, 0) is 11.3 Å². The first-order chi connectivity index (χ1) is 8.08. The molecule has 3 N–H and O–H groups in total. The molecule has 1 aromatic rings. The Labute approximate surface area is 98.3 Å². The van der Waals surface area contributed by atoms with Gasteiger partial charge in [0, 0.05) is 12.4 Å². The van der Waals surface area contributed by atoms with Crippen LogP contribution < -0.4 is 5.73 Å². The molecule has 0 fully saturated rings. The third-order valence-electron chi connectivity index (χ3n) is 2.03. The van der Waals surface area contributed by atoms with Gasteiger partial charge in [-0.2, -0.15) is 5.53 Å². The molecule has 0 saturated carbocycles. The van der Waals surface area contributed by atoms with Crippen LogP contribution in [-0.4, -0.2) is 34.2 Å². The summed E-state index contributed by atoms with van der Waals surface area (Å²) in [5.41, 5.74) is 12.8. The van der Waals surface area contributed by atoms with E-state index in [0.717, 1.165) is 0 Å². The van der Waals surface area contributed by atoms with Crippen LogP contribution in [0.3, 0.4) is 0 Å². The van der Waals surface area contributed by atoms with Crippen LogP contribution in [0.4, 0.5) is 0 Å². The average molecular weight is 238 g/mol. The predicted molar refractivity (Wildman–Crippen MR) is 57.7 cm³/mol. The van der Waals surface area contributed by atoms with Gasteiger partial charge in [0.05, 0.1) is 25.4 Å². The Balaban J connectivity index is 2.74. The fraction of sp³-hybridized carbons (Fsp3) is 0.444. The maximum absolute atomic E-state index is 11.1. The van der Waals surface area contributed by atoms with E-state index in [1.807, 2.05) is 0 Å². The number of esters is 1. The van der Waals surface area contributed by atoms with Gasteiger partial charge in [-0.3, -0.25) is 5.01 Å². The van der Waals surface area contributed by atoms with E-state index in [1.165, 1.54) is 24.5 Å². The van der Waals surface area contributed by atoms with Crippen molar-refractivity contribution >= 4 is 5.97 Å². The number of nitrogens with zero attached hydrogens (tertiary/aromatic N) is 4. The quantitative estimate of drug-likeness (QED) is 0.330. The molecule has 0 bridgehead atoms. The Bertz CT molecular complexity index is 391. The second kappa shape index (κ2) is 5.85. The van der Waals surface area contributed by atoms with Gasteiger partial charge in [-0.1, -0.05) is 5.22 Å². The molecule has 0 spiro atoms. The third kappa shape index (κ3) is 3.45. The van der Waals surface area contributed by atoms with Gasteiger partial charge in [0.15, 0.2) is 0 Å². The van der Waals surface area contributed by atoms with E-state index in [9.17, 15) is 4.79 Å². The molecule has 0 radical (unpaired) electrons. The van der Waals surface area contributed by atoms with Gasteiger partial charge in [0.2, 0.25) is 0 Å². The minimum absolute atomic E-state index is 0.211. The first-order valence-corrected chi connectivity index (χ1v) is 4.87. The molecule has 8 heteroatoms. The molecule has 0 aromatic carbocycles. The van der Waals surface area contributed by atoms with E-state index in [-0.39, 0.29) is 12.1 Å². The molecule has 1 rings (SSSR count). The average Bonchev–Trinajstić information content (AvgIpc) is 2.35. The summed E-state index contributed by atoms with van der Waals surface area (Å²) in [5, 5.41) is 4.56. The zero-order valence-corrected chi connectivity index (χ0v) is 9.62. The van der Waals surface area contributed by atoms with Gasteiger partial charge in [0.1, 0.15) is 5.82 Å².